The summed E-state index contributed by atoms with van der Waals surface area (Å²) in [7, 11) is 1.75. The van der Waals surface area contributed by atoms with E-state index in [1.54, 1.807) is 37.1 Å². The summed E-state index contributed by atoms with van der Waals surface area (Å²) in [5, 5.41) is 0.956. The van der Waals surface area contributed by atoms with Crippen molar-refractivity contribution in [3.8, 4) is 0 Å². The fourth-order valence-electron chi connectivity index (χ4n) is 1.35. The molecule has 0 saturated heterocycles. The first-order valence-corrected chi connectivity index (χ1v) is 6.14. The molecule has 0 aliphatic heterocycles. The maximum atomic E-state index is 11.8. The number of aromatic nitrogens is 1. The highest BCUT2D eigenvalue weighted by Crippen LogP contribution is 2.15. The smallest absolute Gasteiger partial charge is 0.242 e. The quantitative estimate of drug-likeness (QED) is 0.927. The van der Waals surface area contributed by atoms with Gasteiger partial charge < -0.3 is 10.6 Å². The minimum absolute atomic E-state index is 0. The third kappa shape index (κ3) is 5.52. The van der Waals surface area contributed by atoms with Gasteiger partial charge in [-0.2, -0.15) is 0 Å². The molecule has 1 aromatic heterocycles. The van der Waals surface area contributed by atoms with Gasteiger partial charge in [0.25, 0.3) is 0 Å². The largest absolute Gasteiger partial charge is 0.337 e. The van der Waals surface area contributed by atoms with E-state index in [-0.39, 0.29) is 30.7 Å². The molecule has 106 valence electrons. The molecule has 0 saturated carbocycles. The number of halogens is 2. The van der Waals surface area contributed by atoms with Crippen LogP contribution in [-0.4, -0.2) is 28.4 Å². The van der Waals surface area contributed by atoms with Crippen LogP contribution in [0.4, 0.5) is 0 Å². The van der Waals surface area contributed by atoms with E-state index in [0.717, 1.165) is 11.4 Å². The molecule has 0 radical (unpaired) electrons. The van der Waals surface area contributed by atoms with E-state index in [4.69, 9.17) is 5.73 Å². The molecule has 0 unspecified atom stereocenters. The van der Waals surface area contributed by atoms with Gasteiger partial charge in [-0.05, 0) is 20.3 Å². The highest BCUT2D eigenvalue weighted by molar-refractivity contribution is 7.11. The van der Waals surface area contributed by atoms with Crippen molar-refractivity contribution in [2.45, 2.75) is 39.3 Å². The van der Waals surface area contributed by atoms with Gasteiger partial charge in [-0.1, -0.05) is 6.92 Å². The Kier molecular flexibility index (Phi) is 8.81. The first kappa shape index (κ1) is 20.0. The van der Waals surface area contributed by atoms with Crippen LogP contribution in [0.2, 0.25) is 0 Å². The number of likely N-dealkylation sites (N-methyl/N-ethyl adjacent to an activating group) is 1. The van der Waals surface area contributed by atoms with Crippen molar-refractivity contribution in [2.24, 2.45) is 5.73 Å². The minimum Gasteiger partial charge on any atom is -0.337 e. The standard InChI is InChI=1S/C11H19N3OS.2ClH/c1-5-8-6-13-9(16-8)7-14(4)10(15)11(2,3)12;;/h6H,5,7,12H2,1-4H3;2*1H. The van der Waals surface area contributed by atoms with Crippen molar-refractivity contribution >= 4 is 42.1 Å². The summed E-state index contributed by atoms with van der Waals surface area (Å²) < 4.78 is 0. The molecular weight excluding hydrogens is 293 g/mol. The number of thiazole rings is 1. The average Bonchev–Trinajstić information content (AvgIpc) is 2.63. The van der Waals surface area contributed by atoms with E-state index in [0.29, 0.717) is 6.54 Å². The molecule has 0 aliphatic rings. The average molecular weight is 314 g/mol. The monoisotopic (exact) mass is 313 g/mol. The van der Waals surface area contributed by atoms with E-state index < -0.39 is 5.54 Å². The van der Waals surface area contributed by atoms with Crippen molar-refractivity contribution in [1.82, 2.24) is 9.88 Å². The van der Waals surface area contributed by atoms with Crippen LogP contribution in [0.1, 0.15) is 30.7 Å². The summed E-state index contributed by atoms with van der Waals surface area (Å²) in [4.78, 5) is 19.0. The maximum absolute atomic E-state index is 11.8. The van der Waals surface area contributed by atoms with Crippen LogP contribution in [0.3, 0.4) is 0 Å². The van der Waals surface area contributed by atoms with Gasteiger partial charge in [-0.3, -0.25) is 4.79 Å². The Morgan fingerprint density at radius 1 is 1.50 bits per heavy atom. The molecule has 0 spiro atoms. The van der Waals surface area contributed by atoms with Crippen LogP contribution in [0, 0.1) is 0 Å². The fraction of sp³-hybridized carbons (Fsp3) is 0.636. The summed E-state index contributed by atoms with van der Waals surface area (Å²) in [6, 6.07) is 0. The summed E-state index contributed by atoms with van der Waals surface area (Å²) in [5.41, 5.74) is 4.94. The highest BCUT2D eigenvalue weighted by Gasteiger charge is 2.25. The number of nitrogens with two attached hydrogens (primary N) is 1. The Balaban J connectivity index is 0. The van der Waals surface area contributed by atoms with E-state index in [2.05, 4.69) is 11.9 Å². The third-order valence-corrected chi connectivity index (χ3v) is 3.35. The second kappa shape index (κ2) is 7.94. The SMILES string of the molecule is CCc1cnc(CN(C)C(=O)C(C)(C)N)s1.Cl.Cl. The first-order valence-electron chi connectivity index (χ1n) is 5.32. The predicted molar refractivity (Wildman–Crippen MR) is 80.7 cm³/mol. The van der Waals surface area contributed by atoms with Crippen molar-refractivity contribution in [1.29, 1.82) is 0 Å². The summed E-state index contributed by atoms with van der Waals surface area (Å²) in [5.74, 6) is -0.0688. The van der Waals surface area contributed by atoms with Crippen LogP contribution in [0.5, 0.6) is 0 Å². The predicted octanol–water partition coefficient (Wildman–Crippen LogP) is 2.24. The second-order valence-electron chi connectivity index (χ2n) is 4.46. The minimum atomic E-state index is -0.820. The Hall–Kier alpha value is -0.360. The second-order valence-corrected chi connectivity index (χ2v) is 5.66. The molecular formula is C11H21Cl2N3OS. The molecule has 2 N–H and O–H groups in total. The fourth-order valence-corrected chi connectivity index (χ4v) is 2.27. The topological polar surface area (TPSA) is 59.2 Å². The molecule has 0 aromatic carbocycles. The Bertz CT molecular complexity index is 377. The van der Waals surface area contributed by atoms with Crippen molar-refractivity contribution in [3.05, 3.63) is 16.1 Å². The van der Waals surface area contributed by atoms with Crippen molar-refractivity contribution in [2.75, 3.05) is 7.05 Å². The summed E-state index contributed by atoms with van der Waals surface area (Å²) in [6.07, 6.45) is 2.85. The third-order valence-electron chi connectivity index (χ3n) is 2.22. The lowest BCUT2D eigenvalue weighted by molar-refractivity contribution is -0.134. The van der Waals surface area contributed by atoms with Crippen LogP contribution in [0.25, 0.3) is 0 Å². The Morgan fingerprint density at radius 3 is 2.44 bits per heavy atom. The number of carbonyl (C=O) groups excluding carboxylic acids is 1. The molecule has 0 aliphatic carbocycles. The lowest BCUT2D eigenvalue weighted by atomic mass is 10.1. The zero-order chi connectivity index (χ0) is 12.3. The van der Waals surface area contributed by atoms with Gasteiger partial charge in [0.1, 0.15) is 5.01 Å². The molecule has 1 rings (SSSR count). The van der Waals surface area contributed by atoms with Gasteiger partial charge in [-0.25, -0.2) is 4.98 Å². The van der Waals surface area contributed by atoms with E-state index in [1.807, 2.05) is 6.20 Å². The van der Waals surface area contributed by atoms with Crippen LogP contribution < -0.4 is 5.73 Å². The molecule has 4 nitrogen and oxygen atoms in total. The van der Waals surface area contributed by atoms with E-state index in [1.165, 1.54) is 4.88 Å². The maximum Gasteiger partial charge on any atom is 0.242 e. The lowest BCUT2D eigenvalue weighted by Crippen LogP contribution is -2.49. The van der Waals surface area contributed by atoms with E-state index in [9.17, 15) is 4.79 Å². The number of aryl methyl sites for hydroxylation is 1. The van der Waals surface area contributed by atoms with Gasteiger partial charge in [0, 0.05) is 18.1 Å². The van der Waals surface area contributed by atoms with Crippen molar-refractivity contribution < 1.29 is 4.79 Å². The van der Waals surface area contributed by atoms with Gasteiger partial charge in [0.05, 0.1) is 12.1 Å². The molecule has 7 heteroatoms. The van der Waals surface area contributed by atoms with Gasteiger partial charge >= 0.3 is 0 Å². The van der Waals surface area contributed by atoms with Crippen molar-refractivity contribution in [3.63, 3.8) is 0 Å². The molecule has 1 aromatic rings. The Labute approximate surface area is 125 Å². The normalized spacial score (nSPS) is 10.3. The number of hydrogen-bond donors (Lipinski definition) is 1. The zero-order valence-electron chi connectivity index (χ0n) is 11.1. The van der Waals surface area contributed by atoms with Gasteiger partial charge in [0.2, 0.25) is 5.91 Å². The van der Waals surface area contributed by atoms with Gasteiger partial charge in [0.15, 0.2) is 0 Å². The van der Waals surface area contributed by atoms with Gasteiger partial charge in [-0.15, -0.1) is 36.2 Å². The number of hydrogen-bond acceptors (Lipinski definition) is 4. The number of carbonyl (C=O) groups is 1. The summed E-state index contributed by atoms with van der Waals surface area (Å²) >= 11 is 1.64. The highest BCUT2D eigenvalue weighted by atomic mass is 35.5. The lowest BCUT2D eigenvalue weighted by Gasteiger charge is -2.24. The van der Waals surface area contributed by atoms with E-state index >= 15 is 0 Å². The molecule has 18 heavy (non-hydrogen) atoms. The summed E-state index contributed by atoms with van der Waals surface area (Å²) in [6.45, 7) is 6.05. The number of nitrogens with zero attached hydrogens (tertiary/aromatic N) is 2. The molecule has 0 fully saturated rings. The van der Waals surface area contributed by atoms with Crippen LogP contribution >= 0.6 is 36.2 Å². The molecule has 0 atom stereocenters. The molecule has 0 bridgehead atoms. The van der Waals surface area contributed by atoms with Crippen LogP contribution in [-0.2, 0) is 17.8 Å². The molecule has 1 amide bonds. The number of amides is 1. The Morgan fingerprint density at radius 2 is 2.06 bits per heavy atom. The first-order chi connectivity index (χ1) is 7.34. The molecule has 1 heterocycles. The number of rotatable bonds is 4. The van der Waals surface area contributed by atoms with Crippen LogP contribution in [0.15, 0.2) is 6.20 Å². The zero-order valence-corrected chi connectivity index (χ0v) is 13.5.